The van der Waals surface area contributed by atoms with Crippen LogP contribution in [0.3, 0.4) is 0 Å². The molecule has 0 spiro atoms. The highest BCUT2D eigenvalue weighted by atomic mass is 79.9. The molecule has 0 bridgehead atoms. The van der Waals surface area contributed by atoms with Crippen molar-refractivity contribution in [1.82, 2.24) is 4.98 Å². The van der Waals surface area contributed by atoms with Crippen molar-refractivity contribution < 1.29 is 4.74 Å². The Kier molecular flexibility index (Phi) is 4.42. The second kappa shape index (κ2) is 5.85. The van der Waals surface area contributed by atoms with Gasteiger partial charge in [-0.15, -0.1) is 11.6 Å². The minimum Gasteiger partial charge on any atom is -0.456 e. The zero-order valence-corrected chi connectivity index (χ0v) is 12.6. The number of rotatable bonds is 3. The van der Waals surface area contributed by atoms with Crippen molar-refractivity contribution in [2.45, 2.75) is 5.88 Å². The Labute approximate surface area is 121 Å². The molecule has 1 aromatic heterocycles. The number of pyridine rings is 1. The standard InChI is InChI=1S/C12H8Br2ClNO/c13-9-1-2-12(10(14)5-9)17-11-3-4-16-7-8(11)6-15/h1-5,7H,6H2. The third kappa shape index (κ3) is 3.21. The van der Waals surface area contributed by atoms with Gasteiger partial charge in [0.25, 0.3) is 0 Å². The SMILES string of the molecule is ClCc1cnccc1Oc1ccc(Br)cc1Br. The summed E-state index contributed by atoms with van der Waals surface area (Å²) >= 11 is 12.7. The molecule has 0 N–H and O–H groups in total. The van der Waals surface area contributed by atoms with Crippen LogP contribution in [0.5, 0.6) is 11.5 Å². The Bertz CT molecular complexity index is 534. The third-order valence-corrected chi connectivity index (χ3v) is 3.52. The van der Waals surface area contributed by atoms with Crippen molar-refractivity contribution in [2.24, 2.45) is 0 Å². The van der Waals surface area contributed by atoms with Gasteiger partial charge >= 0.3 is 0 Å². The highest BCUT2D eigenvalue weighted by Gasteiger charge is 2.07. The van der Waals surface area contributed by atoms with Crippen molar-refractivity contribution in [3.05, 3.63) is 51.2 Å². The lowest BCUT2D eigenvalue weighted by Gasteiger charge is -2.10. The molecule has 5 heteroatoms. The summed E-state index contributed by atoms with van der Waals surface area (Å²) in [5, 5.41) is 0. The Morgan fingerprint density at radius 2 is 2.00 bits per heavy atom. The van der Waals surface area contributed by atoms with E-state index in [9.17, 15) is 0 Å². The van der Waals surface area contributed by atoms with Gasteiger partial charge in [0.1, 0.15) is 11.5 Å². The van der Waals surface area contributed by atoms with E-state index in [1.165, 1.54) is 0 Å². The molecule has 0 unspecified atom stereocenters. The topological polar surface area (TPSA) is 22.1 Å². The van der Waals surface area contributed by atoms with Crippen LogP contribution >= 0.6 is 43.5 Å². The van der Waals surface area contributed by atoms with E-state index in [4.69, 9.17) is 16.3 Å². The Morgan fingerprint density at radius 3 is 2.71 bits per heavy atom. The maximum Gasteiger partial charge on any atom is 0.141 e. The van der Waals surface area contributed by atoms with Gasteiger partial charge in [-0.2, -0.15) is 0 Å². The fourth-order valence-electron chi connectivity index (χ4n) is 1.29. The lowest BCUT2D eigenvalue weighted by Crippen LogP contribution is -1.91. The molecule has 0 amide bonds. The molecule has 0 radical (unpaired) electrons. The van der Waals surface area contributed by atoms with Gasteiger partial charge in [0.05, 0.1) is 10.4 Å². The van der Waals surface area contributed by atoms with E-state index < -0.39 is 0 Å². The third-order valence-electron chi connectivity index (χ3n) is 2.12. The Hall–Kier alpha value is -0.580. The Balaban J connectivity index is 2.31. The second-order valence-electron chi connectivity index (χ2n) is 3.29. The first-order valence-electron chi connectivity index (χ1n) is 4.82. The van der Waals surface area contributed by atoms with Crippen LogP contribution in [0.15, 0.2) is 45.6 Å². The molecule has 2 aromatic rings. The summed E-state index contributed by atoms with van der Waals surface area (Å²) < 4.78 is 7.66. The van der Waals surface area contributed by atoms with E-state index in [1.807, 2.05) is 18.2 Å². The molecular formula is C12H8Br2ClNO. The van der Waals surface area contributed by atoms with Crippen LogP contribution in [0.4, 0.5) is 0 Å². The van der Waals surface area contributed by atoms with E-state index in [2.05, 4.69) is 36.8 Å². The number of aromatic nitrogens is 1. The minimum absolute atomic E-state index is 0.372. The van der Waals surface area contributed by atoms with Gasteiger partial charge in [0.2, 0.25) is 0 Å². The number of ether oxygens (including phenoxy) is 1. The van der Waals surface area contributed by atoms with E-state index >= 15 is 0 Å². The summed E-state index contributed by atoms with van der Waals surface area (Å²) in [7, 11) is 0. The average molecular weight is 377 g/mol. The minimum atomic E-state index is 0.372. The van der Waals surface area contributed by atoms with E-state index in [0.717, 1.165) is 26.0 Å². The normalized spacial score (nSPS) is 10.3. The highest BCUT2D eigenvalue weighted by Crippen LogP contribution is 2.33. The van der Waals surface area contributed by atoms with Crippen LogP contribution in [0.2, 0.25) is 0 Å². The van der Waals surface area contributed by atoms with Crippen molar-refractivity contribution in [2.75, 3.05) is 0 Å². The van der Waals surface area contributed by atoms with Crippen LogP contribution < -0.4 is 4.74 Å². The molecule has 0 fully saturated rings. The number of hydrogen-bond donors (Lipinski definition) is 0. The number of benzene rings is 1. The van der Waals surface area contributed by atoms with Crippen LogP contribution in [0, 0.1) is 0 Å². The van der Waals surface area contributed by atoms with E-state index in [0.29, 0.717) is 5.88 Å². The van der Waals surface area contributed by atoms with Crippen LogP contribution in [0.25, 0.3) is 0 Å². The summed E-state index contributed by atoms with van der Waals surface area (Å²) in [5.41, 5.74) is 0.865. The molecular weight excluding hydrogens is 369 g/mol. The van der Waals surface area contributed by atoms with Crippen LogP contribution in [-0.4, -0.2) is 4.98 Å². The summed E-state index contributed by atoms with van der Waals surface area (Å²) in [6.07, 6.45) is 3.38. The van der Waals surface area contributed by atoms with Crippen molar-refractivity contribution in [3.63, 3.8) is 0 Å². The van der Waals surface area contributed by atoms with Gasteiger partial charge < -0.3 is 4.74 Å². The molecule has 17 heavy (non-hydrogen) atoms. The highest BCUT2D eigenvalue weighted by molar-refractivity contribution is 9.11. The largest absolute Gasteiger partial charge is 0.456 e. The molecule has 1 aromatic carbocycles. The molecule has 0 aliphatic carbocycles. The molecule has 0 saturated heterocycles. The zero-order chi connectivity index (χ0) is 12.3. The van der Waals surface area contributed by atoms with Gasteiger partial charge in [0.15, 0.2) is 0 Å². The van der Waals surface area contributed by atoms with Gasteiger partial charge in [-0.05, 0) is 40.2 Å². The second-order valence-corrected chi connectivity index (χ2v) is 5.33. The summed E-state index contributed by atoms with van der Waals surface area (Å²) in [4.78, 5) is 4.01. The smallest absolute Gasteiger partial charge is 0.141 e. The van der Waals surface area contributed by atoms with Crippen LogP contribution in [-0.2, 0) is 5.88 Å². The maximum absolute atomic E-state index is 5.82. The first-order valence-corrected chi connectivity index (χ1v) is 6.94. The predicted octanol–water partition coefficient (Wildman–Crippen LogP) is 5.14. The first kappa shape index (κ1) is 12.9. The number of alkyl halides is 1. The Morgan fingerprint density at radius 1 is 1.18 bits per heavy atom. The van der Waals surface area contributed by atoms with Crippen LogP contribution in [0.1, 0.15) is 5.56 Å². The van der Waals surface area contributed by atoms with E-state index in [-0.39, 0.29) is 0 Å². The number of halogens is 3. The molecule has 0 saturated carbocycles. The van der Waals surface area contributed by atoms with Gasteiger partial charge in [0, 0.05) is 22.4 Å². The molecule has 1 heterocycles. The molecule has 0 atom stereocenters. The fraction of sp³-hybridized carbons (Fsp3) is 0.0833. The molecule has 2 rings (SSSR count). The van der Waals surface area contributed by atoms with Crippen molar-refractivity contribution in [1.29, 1.82) is 0 Å². The predicted molar refractivity (Wildman–Crippen MR) is 75.7 cm³/mol. The molecule has 0 aliphatic rings. The van der Waals surface area contributed by atoms with Gasteiger partial charge in [-0.3, -0.25) is 4.98 Å². The van der Waals surface area contributed by atoms with Crippen molar-refractivity contribution in [3.8, 4) is 11.5 Å². The van der Waals surface area contributed by atoms with E-state index in [1.54, 1.807) is 18.5 Å². The lowest BCUT2D eigenvalue weighted by atomic mass is 10.3. The lowest BCUT2D eigenvalue weighted by molar-refractivity contribution is 0.474. The maximum atomic E-state index is 5.82. The summed E-state index contributed by atoms with van der Waals surface area (Å²) in [6.45, 7) is 0. The monoisotopic (exact) mass is 375 g/mol. The quantitative estimate of drug-likeness (QED) is 0.691. The fourth-order valence-corrected chi connectivity index (χ4v) is 2.62. The first-order chi connectivity index (χ1) is 8.20. The molecule has 2 nitrogen and oxygen atoms in total. The molecule has 88 valence electrons. The van der Waals surface area contributed by atoms with Gasteiger partial charge in [-0.25, -0.2) is 0 Å². The van der Waals surface area contributed by atoms with Gasteiger partial charge in [-0.1, -0.05) is 15.9 Å². The summed E-state index contributed by atoms with van der Waals surface area (Å²) in [5.74, 6) is 1.83. The number of nitrogens with zero attached hydrogens (tertiary/aromatic N) is 1. The zero-order valence-electron chi connectivity index (χ0n) is 8.66. The van der Waals surface area contributed by atoms with Crippen molar-refractivity contribution >= 4 is 43.5 Å². The number of hydrogen-bond acceptors (Lipinski definition) is 2. The average Bonchev–Trinajstić information content (AvgIpc) is 2.33. The molecule has 0 aliphatic heterocycles. The summed E-state index contributed by atoms with van der Waals surface area (Å²) in [6, 6.07) is 7.53.